The fourth-order valence-electron chi connectivity index (χ4n) is 4.35. The Morgan fingerprint density at radius 2 is 1.31 bits per heavy atom. The van der Waals surface area contributed by atoms with Gasteiger partial charge in [-0.3, -0.25) is 4.79 Å². The molecule has 0 fully saturated rings. The zero-order chi connectivity index (χ0) is 29.9. The molecule has 0 unspecified atom stereocenters. The van der Waals surface area contributed by atoms with Crippen LogP contribution < -0.4 is 0 Å². The second-order valence-corrected chi connectivity index (χ2v) is 9.11. The second kappa shape index (κ2) is 15.0. The predicted molar refractivity (Wildman–Crippen MR) is 151 cm³/mol. The Kier molecular flexibility index (Phi) is 11.0. The van der Waals surface area contributed by atoms with Gasteiger partial charge in [-0.15, -0.1) is 0 Å². The van der Waals surface area contributed by atoms with Crippen LogP contribution in [0.5, 0.6) is 0 Å². The Hall–Kier alpha value is -4.36. The van der Waals surface area contributed by atoms with Crippen molar-refractivity contribution in [2.75, 3.05) is 26.8 Å². The van der Waals surface area contributed by atoms with Crippen LogP contribution in [0.15, 0.2) is 60.9 Å². The van der Waals surface area contributed by atoms with E-state index >= 15 is 0 Å². The Balaban J connectivity index is 1.42. The van der Waals surface area contributed by atoms with Crippen molar-refractivity contribution in [2.24, 2.45) is 0 Å². The van der Waals surface area contributed by atoms with Crippen LogP contribution >= 0.6 is 0 Å². The first kappa shape index (κ1) is 30.6. The zero-order valence-corrected chi connectivity index (χ0v) is 23.4. The number of hydrogen-bond acceptors (Lipinski definition) is 10. The first-order valence-electron chi connectivity index (χ1n) is 13.5. The highest BCUT2D eigenvalue weighted by Gasteiger charge is 2.23. The number of rotatable bonds is 15. The predicted octanol–water partition coefficient (Wildman–Crippen LogP) is 3.54. The van der Waals surface area contributed by atoms with E-state index in [9.17, 15) is 14.7 Å². The molecule has 0 bridgehead atoms. The van der Waals surface area contributed by atoms with Crippen molar-refractivity contribution in [1.29, 1.82) is 0 Å². The molecular weight excluding hydrogens is 544 g/mol. The number of aliphatic hydroxyl groups excluding tert-OH is 2. The average molecular weight is 579 g/mol. The van der Waals surface area contributed by atoms with E-state index in [0.717, 1.165) is 33.6 Å². The zero-order valence-electron chi connectivity index (χ0n) is 23.4. The minimum atomic E-state index is -0.951. The van der Waals surface area contributed by atoms with Crippen LogP contribution in [0.4, 0.5) is 0 Å². The van der Waals surface area contributed by atoms with Gasteiger partial charge in [-0.25, -0.2) is 14.8 Å². The first-order chi connectivity index (χ1) is 20.4. The summed E-state index contributed by atoms with van der Waals surface area (Å²) in [4.78, 5) is 39.0. The van der Waals surface area contributed by atoms with Crippen molar-refractivity contribution in [3.8, 4) is 33.6 Å². The maximum atomic E-state index is 12.1. The molecule has 0 spiro atoms. The molecular formula is C30H34N4O8. The fourth-order valence-corrected chi connectivity index (χ4v) is 4.35. The molecule has 4 aromatic rings. The molecule has 2 aromatic heterocycles. The number of H-pyrrole nitrogens is 2. The number of benzene rings is 2. The molecule has 2 aromatic carbocycles. The normalized spacial score (nSPS) is 12.6. The summed E-state index contributed by atoms with van der Waals surface area (Å²) in [7, 11) is 0. The van der Waals surface area contributed by atoms with E-state index in [0.29, 0.717) is 11.6 Å². The topological polar surface area (TPSA) is 169 Å². The van der Waals surface area contributed by atoms with E-state index in [2.05, 4.69) is 19.9 Å². The van der Waals surface area contributed by atoms with Gasteiger partial charge in [0.25, 0.3) is 0 Å². The number of ether oxygens (including phenoxy) is 4. The summed E-state index contributed by atoms with van der Waals surface area (Å²) in [6.07, 6.45) is 1.71. The number of hydrogen-bond donors (Lipinski definition) is 4. The highest BCUT2D eigenvalue weighted by molar-refractivity contribution is 5.75. The summed E-state index contributed by atoms with van der Waals surface area (Å²) < 4.78 is 20.4. The van der Waals surface area contributed by atoms with Crippen molar-refractivity contribution in [1.82, 2.24) is 19.9 Å². The molecule has 2 atom stereocenters. The molecule has 0 amide bonds. The van der Waals surface area contributed by atoms with Gasteiger partial charge >= 0.3 is 11.9 Å². The largest absolute Gasteiger partial charge is 0.466 e. The Bertz CT molecular complexity index is 1430. The van der Waals surface area contributed by atoms with E-state index in [1.807, 2.05) is 48.5 Å². The van der Waals surface area contributed by atoms with Crippen LogP contribution in [0.1, 0.15) is 38.0 Å². The van der Waals surface area contributed by atoms with Crippen LogP contribution in [-0.2, 0) is 35.0 Å². The highest BCUT2D eigenvalue weighted by atomic mass is 16.6. The number of imidazole rings is 2. The van der Waals surface area contributed by atoms with Gasteiger partial charge in [0.1, 0.15) is 31.3 Å². The summed E-state index contributed by atoms with van der Waals surface area (Å²) in [5, 5.41) is 18.3. The van der Waals surface area contributed by atoms with E-state index in [1.54, 1.807) is 26.2 Å². The molecule has 0 radical (unpaired) electrons. The quantitative estimate of drug-likeness (QED) is 0.121. The van der Waals surface area contributed by atoms with Gasteiger partial charge < -0.3 is 39.1 Å². The summed E-state index contributed by atoms with van der Waals surface area (Å²) >= 11 is 0. The van der Waals surface area contributed by atoms with Crippen LogP contribution in [0, 0.1) is 0 Å². The molecule has 4 rings (SSSR count). The van der Waals surface area contributed by atoms with Crippen molar-refractivity contribution >= 4 is 11.9 Å². The van der Waals surface area contributed by atoms with Crippen molar-refractivity contribution < 1.29 is 38.7 Å². The number of aromatic amines is 2. The third kappa shape index (κ3) is 7.89. The number of nitrogens with one attached hydrogen (secondary N) is 2. The van der Waals surface area contributed by atoms with E-state index in [1.165, 1.54) is 0 Å². The third-order valence-corrected chi connectivity index (χ3v) is 6.39. The lowest BCUT2D eigenvalue weighted by molar-refractivity contribution is -0.163. The minimum Gasteiger partial charge on any atom is -0.466 e. The molecule has 4 N–H and O–H groups in total. The first-order valence-corrected chi connectivity index (χ1v) is 13.5. The molecule has 42 heavy (non-hydrogen) atoms. The smallest absolute Gasteiger partial charge is 0.335 e. The number of nitrogens with zero attached hydrogens (tertiary/aromatic N) is 2. The van der Waals surface area contributed by atoms with Crippen molar-refractivity contribution in [2.45, 2.75) is 38.9 Å². The molecule has 0 aliphatic carbocycles. The summed E-state index contributed by atoms with van der Waals surface area (Å²) in [5.74, 6) is -0.0337. The van der Waals surface area contributed by atoms with E-state index in [4.69, 9.17) is 24.1 Å². The van der Waals surface area contributed by atoms with Gasteiger partial charge in [0, 0.05) is 6.42 Å². The standard InChI is InChI=1S/C30H34N4O8/c1-3-39-28(37)14-25(41-17-35)29-32-16-24(34-29)22-11-7-20(8-12-22)19-5-9-21(10-6-19)23-15-31-27(33-23)13-26(42-18-36)30(38)40-4-2/h5-12,15-16,25-26,35-36H,3-4,13-14,17-18H2,1-2H3,(H,31,33)(H,32,34)/t25-,26-/m1/s1. The van der Waals surface area contributed by atoms with Crippen LogP contribution in [0.3, 0.4) is 0 Å². The monoisotopic (exact) mass is 578 g/mol. The van der Waals surface area contributed by atoms with Crippen LogP contribution in [-0.4, -0.2) is 75.0 Å². The maximum absolute atomic E-state index is 12.1. The van der Waals surface area contributed by atoms with Gasteiger partial charge in [-0.05, 0) is 36.1 Å². The third-order valence-electron chi connectivity index (χ3n) is 6.39. The highest BCUT2D eigenvalue weighted by Crippen LogP contribution is 2.28. The Morgan fingerprint density at radius 3 is 1.88 bits per heavy atom. The number of carbonyl (C=O) groups is 2. The minimum absolute atomic E-state index is 0.0671. The summed E-state index contributed by atoms with van der Waals surface area (Å²) in [5.41, 5.74) is 5.35. The number of esters is 2. The van der Waals surface area contributed by atoms with Gasteiger partial charge in [0.05, 0.1) is 43.4 Å². The average Bonchev–Trinajstić information content (AvgIpc) is 3.68. The van der Waals surface area contributed by atoms with Gasteiger partial charge in [-0.1, -0.05) is 48.5 Å². The van der Waals surface area contributed by atoms with Gasteiger partial charge in [0.15, 0.2) is 6.10 Å². The number of carbonyl (C=O) groups excluding carboxylic acids is 2. The molecule has 2 heterocycles. The van der Waals surface area contributed by atoms with Crippen molar-refractivity contribution in [3.05, 3.63) is 72.6 Å². The second-order valence-electron chi connectivity index (χ2n) is 9.11. The number of aromatic nitrogens is 4. The molecule has 222 valence electrons. The molecule has 0 saturated carbocycles. The SMILES string of the molecule is CCOC(=O)C[C@@H](OCO)c1ncc(-c2ccc(-c3ccc(-c4cnc(C[C@@H](OCO)C(=O)OCC)[nH]4)cc3)cc2)[nH]1. The lowest BCUT2D eigenvalue weighted by Gasteiger charge is -2.13. The van der Waals surface area contributed by atoms with Crippen LogP contribution in [0.2, 0.25) is 0 Å². The van der Waals surface area contributed by atoms with Crippen molar-refractivity contribution in [3.63, 3.8) is 0 Å². The molecule has 0 saturated heterocycles. The molecule has 0 aliphatic heterocycles. The summed E-state index contributed by atoms with van der Waals surface area (Å²) in [6.45, 7) is 2.75. The Morgan fingerprint density at radius 1 is 0.762 bits per heavy atom. The molecule has 12 heteroatoms. The lowest BCUT2D eigenvalue weighted by Crippen LogP contribution is -2.29. The van der Waals surface area contributed by atoms with E-state index < -0.39 is 37.7 Å². The summed E-state index contributed by atoms with van der Waals surface area (Å²) in [6, 6.07) is 15.9. The van der Waals surface area contributed by atoms with Gasteiger partial charge in [-0.2, -0.15) is 0 Å². The van der Waals surface area contributed by atoms with Crippen LogP contribution in [0.25, 0.3) is 33.6 Å². The lowest BCUT2D eigenvalue weighted by atomic mass is 10.0. The number of aliphatic hydroxyl groups is 2. The maximum Gasteiger partial charge on any atom is 0.335 e. The molecule has 12 nitrogen and oxygen atoms in total. The fraction of sp³-hybridized carbons (Fsp3) is 0.333. The Labute approximate surface area is 242 Å². The van der Waals surface area contributed by atoms with E-state index in [-0.39, 0.29) is 26.1 Å². The molecule has 0 aliphatic rings. The van der Waals surface area contributed by atoms with Gasteiger partial charge in [0.2, 0.25) is 0 Å².